The van der Waals surface area contributed by atoms with Gasteiger partial charge in [-0.05, 0) is 6.92 Å². The summed E-state index contributed by atoms with van der Waals surface area (Å²) in [5.74, 6) is -3.18. The van der Waals surface area contributed by atoms with E-state index in [-0.39, 0.29) is 0 Å². The molecule has 13 heavy (non-hydrogen) atoms. The summed E-state index contributed by atoms with van der Waals surface area (Å²) in [6.07, 6.45) is 0. The van der Waals surface area contributed by atoms with E-state index in [4.69, 9.17) is 5.11 Å². The molecule has 0 aromatic heterocycles. The lowest BCUT2D eigenvalue weighted by Gasteiger charge is -2.15. The molecule has 7 nitrogen and oxygen atoms in total. The van der Waals surface area contributed by atoms with Crippen molar-refractivity contribution >= 4 is 22.2 Å². The second kappa shape index (κ2) is 2.73. The SMILES string of the molecule is CC1=C(C(=O)O)C(=O)NS(=O)(=O)O1. The van der Waals surface area contributed by atoms with E-state index in [1.807, 2.05) is 0 Å². The second-order valence-corrected chi connectivity index (χ2v) is 3.48. The fourth-order valence-electron chi connectivity index (χ4n) is 0.799. The third kappa shape index (κ3) is 1.78. The molecule has 1 heterocycles. The first kappa shape index (κ1) is 9.52. The van der Waals surface area contributed by atoms with E-state index in [2.05, 4.69) is 4.18 Å². The lowest BCUT2D eigenvalue weighted by molar-refractivity contribution is -0.135. The van der Waals surface area contributed by atoms with Crippen LogP contribution < -0.4 is 4.72 Å². The van der Waals surface area contributed by atoms with Gasteiger partial charge < -0.3 is 9.29 Å². The van der Waals surface area contributed by atoms with Crippen LogP contribution in [-0.4, -0.2) is 25.4 Å². The fraction of sp³-hybridized carbons (Fsp3) is 0.200. The first-order valence-electron chi connectivity index (χ1n) is 3.04. The molecule has 1 aliphatic rings. The van der Waals surface area contributed by atoms with Crippen molar-refractivity contribution in [3.05, 3.63) is 11.3 Å². The monoisotopic (exact) mass is 207 g/mol. The number of hydrogen-bond acceptors (Lipinski definition) is 5. The van der Waals surface area contributed by atoms with Gasteiger partial charge in [0.25, 0.3) is 5.91 Å². The molecule has 8 heteroatoms. The second-order valence-electron chi connectivity index (χ2n) is 2.20. The summed E-state index contributed by atoms with van der Waals surface area (Å²) in [7, 11) is -4.17. The van der Waals surface area contributed by atoms with E-state index in [1.54, 1.807) is 0 Å². The number of carbonyl (C=O) groups is 2. The summed E-state index contributed by atoms with van der Waals surface area (Å²) in [6, 6.07) is 0. The first-order valence-corrected chi connectivity index (χ1v) is 4.45. The quantitative estimate of drug-likeness (QED) is 0.519. The number of aliphatic carboxylic acids is 1. The van der Waals surface area contributed by atoms with Gasteiger partial charge >= 0.3 is 16.3 Å². The highest BCUT2D eigenvalue weighted by molar-refractivity contribution is 7.85. The van der Waals surface area contributed by atoms with Gasteiger partial charge in [-0.2, -0.15) is 8.42 Å². The molecule has 0 fully saturated rings. The maximum absolute atomic E-state index is 10.9. The van der Waals surface area contributed by atoms with Crippen LogP contribution in [0.3, 0.4) is 0 Å². The van der Waals surface area contributed by atoms with Crippen LogP contribution in [0.2, 0.25) is 0 Å². The summed E-state index contributed by atoms with van der Waals surface area (Å²) in [5.41, 5.74) is -0.713. The molecule has 1 aliphatic heterocycles. The van der Waals surface area contributed by atoms with Gasteiger partial charge in [0, 0.05) is 0 Å². The Labute approximate surface area is 73.3 Å². The zero-order valence-electron chi connectivity index (χ0n) is 6.40. The number of allylic oxidation sites excluding steroid dienone is 1. The highest BCUT2D eigenvalue weighted by Gasteiger charge is 2.33. The normalized spacial score (nSPS) is 20.5. The summed E-state index contributed by atoms with van der Waals surface area (Å²) in [6.45, 7) is 1.08. The topological polar surface area (TPSA) is 110 Å². The Morgan fingerprint density at radius 3 is 2.46 bits per heavy atom. The van der Waals surface area contributed by atoms with Crippen LogP contribution in [0.1, 0.15) is 6.92 Å². The van der Waals surface area contributed by atoms with E-state index in [0.29, 0.717) is 0 Å². The molecule has 0 unspecified atom stereocenters. The Bertz CT molecular complexity index is 405. The van der Waals surface area contributed by atoms with Crippen LogP contribution in [0, 0.1) is 0 Å². The first-order chi connectivity index (χ1) is 5.83. The van der Waals surface area contributed by atoms with E-state index in [0.717, 1.165) is 6.92 Å². The molecule has 0 aliphatic carbocycles. The number of nitrogens with one attached hydrogen (secondary N) is 1. The number of rotatable bonds is 1. The maximum Gasteiger partial charge on any atom is 0.409 e. The molecular weight excluding hydrogens is 202 g/mol. The van der Waals surface area contributed by atoms with Gasteiger partial charge in [0.2, 0.25) is 0 Å². The highest BCUT2D eigenvalue weighted by atomic mass is 32.2. The van der Waals surface area contributed by atoms with E-state index >= 15 is 0 Å². The summed E-state index contributed by atoms with van der Waals surface area (Å²) < 4.78 is 26.9. The van der Waals surface area contributed by atoms with Gasteiger partial charge in [-0.15, -0.1) is 0 Å². The van der Waals surface area contributed by atoms with Crippen molar-refractivity contribution in [1.29, 1.82) is 0 Å². The van der Waals surface area contributed by atoms with Crippen LogP contribution in [-0.2, 0) is 24.1 Å². The predicted molar refractivity (Wildman–Crippen MR) is 38.5 cm³/mol. The van der Waals surface area contributed by atoms with E-state index in [9.17, 15) is 18.0 Å². The average molecular weight is 207 g/mol. The Morgan fingerprint density at radius 1 is 1.54 bits per heavy atom. The summed E-state index contributed by atoms with van der Waals surface area (Å²) >= 11 is 0. The number of carboxylic acid groups (broad SMARTS) is 1. The van der Waals surface area contributed by atoms with Gasteiger partial charge in [-0.3, -0.25) is 4.79 Å². The largest absolute Gasteiger partial charge is 0.477 e. The van der Waals surface area contributed by atoms with Gasteiger partial charge in [-0.25, -0.2) is 9.52 Å². The number of amides is 1. The van der Waals surface area contributed by atoms with Crippen molar-refractivity contribution in [2.45, 2.75) is 6.92 Å². The lowest BCUT2D eigenvalue weighted by atomic mass is 10.2. The van der Waals surface area contributed by atoms with Crippen molar-refractivity contribution < 1.29 is 27.3 Å². The van der Waals surface area contributed by atoms with Crippen LogP contribution in [0.4, 0.5) is 0 Å². The smallest absolute Gasteiger partial charge is 0.409 e. The molecule has 1 amide bonds. The molecule has 0 saturated heterocycles. The molecule has 1 rings (SSSR count). The molecule has 2 N–H and O–H groups in total. The summed E-state index contributed by atoms with van der Waals surface area (Å²) in [4.78, 5) is 21.2. The lowest BCUT2D eigenvalue weighted by Crippen LogP contribution is -2.39. The number of carboxylic acids is 1. The summed E-state index contributed by atoms with van der Waals surface area (Å²) in [5, 5.41) is 8.46. The zero-order chi connectivity index (χ0) is 10.2. The molecule has 0 saturated carbocycles. The van der Waals surface area contributed by atoms with Crippen molar-refractivity contribution in [2.24, 2.45) is 0 Å². The molecule has 0 aromatic rings. The molecular formula is C5H5NO6S. The fourth-order valence-corrected chi connectivity index (χ4v) is 1.58. The molecule has 0 radical (unpaired) electrons. The van der Waals surface area contributed by atoms with E-state index < -0.39 is 33.5 Å². The molecule has 0 atom stereocenters. The third-order valence-corrected chi connectivity index (χ3v) is 2.15. The molecule has 72 valence electrons. The Morgan fingerprint density at radius 2 is 2.08 bits per heavy atom. The highest BCUT2D eigenvalue weighted by Crippen LogP contribution is 2.14. The zero-order valence-corrected chi connectivity index (χ0v) is 7.21. The number of carbonyl (C=O) groups excluding carboxylic acids is 1. The minimum Gasteiger partial charge on any atom is -0.477 e. The van der Waals surface area contributed by atoms with Crippen LogP contribution in [0.5, 0.6) is 0 Å². The average Bonchev–Trinajstić information content (AvgIpc) is 1.78. The minimum atomic E-state index is -4.17. The maximum atomic E-state index is 10.9. The predicted octanol–water partition coefficient (Wildman–Crippen LogP) is -1.26. The number of hydrogen-bond donors (Lipinski definition) is 2. The van der Waals surface area contributed by atoms with Gasteiger partial charge in [0.1, 0.15) is 5.76 Å². The Balaban J connectivity index is 3.24. The van der Waals surface area contributed by atoms with Crippen LogP contribution >= 0.6 is 0 Å². The van der Waals surface area contributed by atoms with Crippen molar-refractivity contribution in [3.8, 4) is 0 Å². The standard InChI is InChI=1S/C5H5NO6S/c1-2-3(5(8)9)4(7)6-13(10,11)12-2/h1H3,(H,6,7)(H,8,9). The van der Waals surface area contributed by atoms with Gasteiger partial charge in [0.05, 0.1) is 0 Å². The third-order valence-electron chi connectivity index (χ3n) is 1.25. The van der Waals surface area contributed by atoms with E-state index in [1.165, 1.54) is 4.72 Å². The van der Waals surface area contributed by atoms with Crippen molar-refractivity contribution in [3.63, 3.8) is 0 Å². The Hall–Kier alpha value is -1.57. The molecule has 0 aromatic carbocycles. The molecule has 0 spiro atoms. The van der Waals surface area contributed by atoms with Crippen molar-refractivity contribution in [1.82, 2.24) is 4.72 Å². The Kier molecular flexibility index (Phi) is 2.00. The van der Waals surface area contributed by atoms with Gasteiger partial charge in [-0.1, -0.05) is 0 Å². The van der Waals surface area contributed by atoms with Crippen molar-refractivity contribution in [2.75, 3.05) is 0 Å². The van der Waals surface area contributed by atoms with Gasteiger partial charge in [0.15, 0.2) is 5.57 Å². The van der Waals surface area contributed by atoms with Crippen LogP contribution in [0.15, 0.2) is 11.3 Å². The minimum absolute atomic E-state index is 0.448. The van der Waals surface area contributed by atoms with Crippen LogP contribution in [0.25, 0.3) is 0 Å². The molecule has 0 bridgehead atoms.